The number of amides is 1. The molecule has 2 aromatic carbocycles. The maximum atomic E-state index is 11.8. The van der Waals surface area contributed by atoms with E-state index in [4.69, 9.17) is 9.47 Å². The number of para-hydroxylation sites is 1. The Morgan fingerprint density at radius 2 is 2.05 bits per heavy atom. The summed E-state index contributed by atoms with van der Waals surface area (Å²) in [5, 5.41) is 14.5. The minimum atomic E-state index is -0.434. The van der Waals surface area contributed by atoms with Crippen LogP contribution in [0, 0.1) is 17.0 Å². The Morgan fingerprint density at radius 1 is 1.26 bits per heavy atom. The minimum absolute atomic E-state index is 0.0225. The van der Waals surface area contributed by atoms with Gasteiger partial charge in [-0.3, -0.25) is 10.1 Å². The van der Waals surface area contributed by atoms with Gasteiger partial charge in [-0.05, 0) is 54.5 Å². The van der Waals surface area contributed by atoms with E-state index in [1.54, 1.807) is 31.6 Å². The second-order valence-corrected chi connectivity index (χ2v) is 11.1. The van der Waals surface area contributed by atoms with Crippen LogP contribution in [0.25, 0.3) is 11.3 Å². The molecule has 5 rings (SSSR count). The summed E-state index contributed by atoms with van der Waals surface area (Å²) in [6.45, 7) is 7.24. The van der Waals surface area contributed by atoms with Crippen LogP contribution >= 0.6 is 11.9 Å². The fraction of sp³-hybridized carbons (Fsp3) is 0.370. The number of alkyl carbamates (subject to hydrolysis) is 1. The van der Waals surface area contributed by atoms with Gasteiger partial charge >= 0.3 is 6.09 Å². The molecule has 1 aliphatic carbocycles. The first kappa shape index (κ1) is 25.8. The molecule has 10 nitrogen and oxygen atoms in total. The topological polar surface area (TPSA) is 120 Å². The number of benzene rings is 2. The molecule has 2 aliphatic rings. The number of cyclic esters (lactones) is 1. The van der Waals surface area contributed by atoms with Crippen LogP contribution < -0.4 is 14.4 Å². The number of rotatable bonds is 8. The monoisotopic (exact) mass is 535 g/mol. The van der Waals surface area contributed by atoms with Crippen molar-refractivity contribution in [3.05, 3.63) is 69.7 Å². The number of ether oxygens (including phenoxy) is 2. The summed E-state index contributed by atoms with van der Waals surface area (Å²) in [6.07, 6.45) is 2.08. The molecule has 1 amide bonds. The highest BCUT2D eigenvalue weighted by Crippen LogP contribution is 2.51. The van der Waals surface area contributed by atoms with Crippen LogP contribution in [-0.4, -0.2) is 47.3 Å². The highest BCUT2D eigenvalue weighted by molar-refractivity contribution is 8.00. The molecule has 0 radical (unpaired) electrons. The van der Waals surface area contributed by atoms with Gasteiger partial charge in [0.1, 0.15) is 23.1 Å². The Bertz CT molecular complexity index is 1410. The van der Waals surface area contributed by atoms with Gasteiger partial charge in [-0.25, -0.2) is 14.8 Å². The molecular weight excluding hydrogens is 506 g/mol. The van der Waals surface area contributed by atoms with E-state index in [9.17, 15) is 14.9 Å². The second-order valence-electron chi connectivity index (χ2n) is 10.0. The number of nitrogens with one attached hydrogen (secondary N) is 1. The third-order valence-electron chi connectivity index (χ3n) is 6.97. The molecule has 1 aromatic heterocycles. The first-order chi connectivity index (χ1) is 18.2. The summed E-state index contributed by atoms with van der Waals surface area (Å²) in [5.74, 6) is 0.654. The number of anilines is 1. The third kappa shape index (κ3) is 4.73. The van der Waals surface area contributed by atoms with Gasteiger partial charge in [-0.1, -0.05) is 26.0 Å². The molecule has 11 heteroatoms. The molecule has 1 saturated heterocycles. The molecule has 0 saturated carbocycles. The van der Waals surface area contributed by atoms with Crippen LogP contribution in [0.4, 0.5) is 16.2 Å². The molecule has 1 fully saturated rings. The number of carbonyl (C=O) groups is 1. The quantitative estimate of drug-likeness (QED) is 0.235. The maximum absolute atomic E-state index is 11.8. The molecule has 198 valence electrons. The maximum Gasteiger partial charge on any atom is 0.407 e. The molecule has 0 spiro atoms. The summed E-state index contributed by atoms with van der Waals surface area (Å²) in [5.41, 5.74) is 5.59. The van der Waals surface area contributed by atoms with E-state index in [0.29, 0.717) is 36.6 Å². The smallest absolute Gasteiger partial charge is 0.407 e. The van der Waals surface area contributed by atoms with Gasteiger partial charge in [0.2, 0.25) is 0 Å². The van der Waals surface area contributed by atoms with Crippen molar-refractivity contribution in [3.8, 4) is 17.0 Å². The predicted molar refractivity (Wildman–Crippen MR) is 145 cm³/mol. The van der Waals surface area contributed by atoms with Crippen molar-refractivity contribution in [2.45, 2.75) is 50.0 Å². The highest BCUT2D eigenvalue weighted by atomic mass is 32.2. The van der Waals surface area contributed by atoms with E-state index in [2.05, 4.69) is 29.1 Å². The largest absolute Gasteiger partial charge is 0.495 e. The molecule has 0 bridgehead atoms. The number of hydrogen-bond acceptors (Lipinski definition) is 9. The van der Waals surface area contributed by atoms with E-state index < -0.39 is 6.09 Å². The third-order valence-corrected chi connectivity index (χ3v) is 8.10. The number of fused-ring (bicyclic) bond motifs is 3. The number of carbonyl (C=O) groups excluding carboxylic acids is 1. The van der Waals surface area contributed by atoms with E-state index >= 15 is 0 Å². The van der Waals surface area contributed by atoms with Gasteiger partial charge in [-0.15, -0.1) is 0 Å². The van der Waals surface area contributed by atoms with Gasteiger partial charge in [-0.2, -0.15) is 0 Å². The fourth-order valence-electron chi connectivity index (χ4n) is 5.33. The summed E-state index contributed by atoms with van der Waals surface area (Å²) in [4.78, 5) is 32.7. The molecule has 1 aliphatic heterocycles. The van der Waals surface area contributed by atoms with Gasteiger partial charge in [0.25, 0.3) is 5.69 Å². The molecular formula is C27H29N5O5S. The van der Waals surface area contributed by atoms with Gasteiger partial charge in [0.05, 0.1) is 30.0 Å². The van der Waals surface area contributed by atoms with Crippen molar-refractivity contribution in [3.63, 3.8) is 0 Å². The summed E-state index contributed by atoms with van der Waals surface area (Å²) >= 11 is 1.29. The lowest BCUT2D eigenvalue weighted by Gasteiger charge is -2.37. The molecule has 2 heterocycles. The van der Waals surface area contributed by atoms with Crippen molar-refractivity contribution >= 4 is 29.4 Å². The van der Waals surface area contributed by atoms with Crippen LogP contribution in [0.1, 0.15) is 37.1 Å². The zero-order chi connectivity index (χ0) is 27.0. The van der Waals surface area contributed by atoms with Crippen molar-refractivity contribution in [2.24, 2.45) is 0 Å². The van der Waals surface area contributed by atoms with E-state index in [1.807, 2.05) is 23.4 Å². The van der Waals surface area contributed by atoms with Gasteiger partial charge in [0, 0.05) is 35.9 Å². The first-order valence-corrected chi connectivity index (χ1v) is 13.1. The average molecular weight is 536 g/mol. The van der Waals surface area contributed by atoms with Crippen molar-refractivity contribution in [1.82, 2.24) is 15.3 Å². The Labute approximate surface area is 225 Å². The molecule has 1 N–H and O–H groups in total. The van der Waals surface area contributed by atoms with Crippen molar-refractivity contribution < 1.29 is 19.2 Å². The number of nitrogens with zero attached hydrogens (tertiary/aromatic N) is 4. The normalized spacial score (nSPS) is 17.2. The van der Waals surface area contributed by atoms with Gasteiger partial charge < -0.3 is 19.1 Å². The number of nitro groups is 1. The van der Waals surface area contributed by atoms with Crippen molar-refractivity contribution in [1.29, 1.82) is 0 Å². The van der Waals surface area contributed by atoms with E-state index in [-0.39, 0.29) is 22.1 Å². The van der Waals surface area contributed by atoms with E-state index in [1.165, 1.54) is 18.0 Å². The number of aromatic nitrogens is 2. The zero-order valence-corrected chi connectivity index (χ0v) is 22.5. The van der Waals surface area contributed by atoms with Crippen LogP contribution in [0.2, 0.25) is 0 Å². The van der Waals surface area contributed by atoms with Crippen LogP contribution in [-0.2, 0) is 16.6 Å². The number of methoxy groups -OCH3 is 1. The Morgan fingerprint density at radius 3 is 2.76 bits per heavy atom. The molecule has 3 aromatic rings. The van der Waals surface area contributed by atoms with Crippen LogP contribution in [0.15, 0.2) is 47.6 Å². The van der Waals surface area contributed by atoms with E-state index in [0.717, 1.165) is 33.8 Å². The fourth-order valence-corrected chi connectivity index (χ4v) is 6.43. The SMILES string of the molecule is COc1ccc2c(c1N(CCC1CNC(=O)O1)Sc1ccccc1[N+](=O)[O-])CC(C)(C)c1c(C)ncnc1-2. The summed E-state index contributed by atoms with van der Waals surface area (Å²) in [6, 6.07) is 10.6. The van der Waals surface area contributed by atoms with Crippen LogP contribution in [0.3, 0.4) is 0 Å². The standard InChI is InChI=1S/C27H29N5O5S/c1-16-23-24(30-15-29-16)18-9-10-21(36-4)25(19(18)13-27(23,2)3)31(12-11-17-14-28-26(33)37-17)38-22-8-6-5-7-20(22)32(34)35/h5-10,15,17H,11-14H2,1-4H3,(H,28,33). The lowest BCUT2D eigenvalue weighted by atomic mass is 9.70. The zero-order valence-electron chi connectivity index (χ0n) is 21.7. The lowest BCUT2D eigenvalue weighted by molar-refractivity contribution is -0.387. The first-order valence-electron chi connectivity index (χ1n) is 12.4. The predicted octanol–water partition coefficient (Wildman–Crippen LogP) is 5.21. The summed E-state index contributed by atoms with van der Waals surface area (Å²) in [7, 11) is 1.62. The second kappa shape index (κ2) is 10.1. The minimum Gasteiger partial charge on any atom is -0.495 e. The number of nitro benzene ring substituents is 1. The van der Waals surface area contributed by atoms with Gasteiger partial charge in [0.15, 0.2) is 0 Å². The molecule has 38 heavy (non-hydrogen) atoms. The Kier molecular flexibility index (Phi) is 6.87. The molecule has 1 atom stereocenters. The number of aryl methyl sites for hydroxylation is 1. The summed E-state index contributed by atoms with van der Waals surface area (Å²) < 4.78 is 13.3. The Balaban J connectivity index is 1.65. The average Bonchev–Trinajstić information content (AvgIpc) is 3.30. The number of hydrogen-bond donors (Lipinski definition) is 1. The van der Waals surface area contributed by atoms with Crippen LogP contribution in [0.5, 0.6) is 5.75 Å². The highest BCUT2D eigenvalue weighted by Gasteiger charge is 2.37. The molecule has 1 unspecified atom stereocenters. The van der Waals surface area contributed by atoms with Crippen molar-refractivity contribution in [2.75, 3.05) is 24.5 Å². The lowest BCUT2D eigenvalue weighted by Crippen LogP contribution is -2.31. The Hall–Kier alpha value is -3.86.